The fraction of sp³-hybridized carbons (Fsp3) is 0.211. The van der Waals surface area contributed by atoms with Crippen molar-refractivity contribution in [2.45, 2.75) is 0 Å². The molecule has 27 heavy (non-hydrogen) atoms. The molecule has 0 radical (unpaired) electrons. The van der Waals surface area contributed by atoms with E-state index in [1.54, 1.807) is 24.3 Å². The van der Waals surface area contributed by atoms with Crippen molar-refractivity contribution >= 4 is 23.4 Å². The van der Waals surface area contributed by atoms with Crippen LogP contribution in [0.1, 0.15) is 10.4 Å². The molecule has 0 aliphatic heterocycles. The molecule has 7 nitrogen and oxygen atoms in total. The van der Waals surface area contributed by atoms with Crippen LogP contribution in [0, 0.1) is 5.82 Å². The van der Waals surface area contributed by atoms with E-state index in [1.165, 1.54) is 32.3 Å². The molecule has 8 heteroatoms. The number of likely N-dealkylation sites (N-methyl/N-ethyl adjacent to an activating group) is 1. The van der Waals surface area contributed by atoms with Gasteiger partial charge in [-0.15, -0.1) is 0 Å². The minimum absolute atomic E-state index is 0.183. The van der Waals surface area contributed by atoms with Crippen LogP contribution in [0.3, 0.4) is 0 Å². The summed E-state index contributed by atoms with van der Waals surface area (Å²) in [5.41, 5.74) is 0.510. The van der Waals surface area contributed by atoms with Gasteiger partial charge in [-0.2, -0.15) is 0 Å². The van der Waals surface area contributed by atoms with E-state index in [4.69, 9.17) is 4.74 Å². The number of nitrogens with one attached hydrogen (secondary N) is 2. The fourth-order valence-electron chi connectivity index (χ4n) is 2.35. The Bertz CT molecular complexity index is 841. The summed E-state index contributed by atoms with van der Waals surface area (Å²) >= 11 is 0. The maximum absolute atomic E-state index is 13.2. The molecule has 0 aromatic heterocycles. The summed E-state index contributed by atoms with van der Waals surface area (Å²) in [6.45, 7) is -0.724. The minimum Gasteiger partial charge on any atom is -0.484 e. The van der Waals surface area contributed by atoms with E-state index >= 15 is 0 Å². The van der Waals surface area contributed by atoms with Crippen molar-refractivity contribution in [3.05, 3.63) is 59.9 Å². The molecule has 2 N–H and O–H groups in total. The topological polar surface area (TPSA) is 87.7 Å². The van der Waals surface area contributed by atoms with Crippen molar-refractivity contribution in [1.29, 1.82) is 0 Å². The number of hydrogen-bond donors (Lipinski definition) is 2. The Hall–Kier alpha value is -3.42. The van der Waals surface area contributed by atoms with Gasteiger partial charge in [-0.1, -0.05) is 18.2 Å². The number of carbonyl (C=O) groups excluding carboxylic acids is 3. The molecule has 0 aliphatic rings. The van der Waals surface area contributed by atoms with Gasteiger partial charge in [0.05, 0.1) is 11.3 Å². The number of nitrogens with zero attached hydrogens (tertiary/aromatic N) is 1. The van der Waals surface area contributed by atoms with E-state index in [0.29, 0.717) is 0 Å². The highest BCUT2D eigenvalue weighted by Crippen LogP contribution is 2.21. The molecule has 0 unspecified atom stereocenters. The van der Waals surface area contributed by atoms with Crippen LogP contribution < -0.4 is 20.3 Å². The monoisotopic (exact) mass is 373 g/mol. The number of halogens is 1. The maximum Gasteiger partial charge on any atom is 0.265 e. The van der Waals surface area contributed by atoms with Crippen molar-refractivity contribution in [1.82, 2.24) is 10.6 Å². The summed E-state index contributed by atoms with van der Waals surface area (Å²) < 4.78 is 18.6. The third-order valence-corrected chi connectivity index (χ3v) is 3.71. The van der Waals surface area contributed by atoms with Gasteiger partial charge >= 0.3 is 0 Å². The lowest BCUT2D eigenvalue weighted by Gasteiger charge is -2.24. The number of para-hydroxylation sites is 1. The Kier molecular flexibility index (Phi) is 6.87. The molecular weight excluding hydrogens is 353 g/mol. The van der Waals surface area contributed by atoms with E-state index in [2.05, 4.69) is 10.6 Å². The number of anilines is 1. The molecule has 0 saturated carbocycles. The molecular formula is C19H20FN3O4. The predicted molar refractivity (Wildman–Crippen MR) is 98.1 cm³/mol. The second kappa shape index (κ2) is 9.33. The van der Waals surface area contributed by atoms with Gasteiger partial charge in [0.25, 0.3) is 11.8 Å². The smallest absolute Gasteiger partial charge is 0.265 e. The van der Waals surface area contributed by atoms with Crippen LogP contribution in [-0.2, 0) is 9.59 Å². The van der Waals surface area contributed by atoms with Crippen molar-refractivity contribution in [3.63, 3.8) is 0 Å². The number of ether oxygens (including phenoxy) is 1. The van der Waals surface area contributed by atoms with E-state index in [9.17, 15) is 18.8 Å². The highest BCUT2D eigenvalue weighted by Gasteiger charge is 2.23. The quantitative estimate of drug-likeness (QED) is 0.767. The van der Waals surface area contributed by atoms with E-state index in [1.807, 2.05) is 0 Å². The van der Waals surface area contributed by atoms with Crippen LogP contribution in [0.25, 0.3) is 0 Å². The van der Waals surface area contributed by atoms with Gasteiger partial charge in [-0.3, -0.25) is 19.3 Å². The first kappa shape index (κ1) is 19.9. The average Bonchev–Trinajstić information content (AvgIpc) is 2.69. The second-order valence-corrected chi connectivity index (χ2v) is 5.50. The summed E-state index contributed by atoms with van der Waals surface area (Å²) in [7, 11) is 2.91. The Labute approximate surface area is 156 Å². The SMILES string of the molecule is CNC(=O)CN(C(=O)COc1cccc(F)c1)c1ccccc1C(=O)NC. The molecule has 2 aromatic carbocycles. The molecule has 2 rings (SSSR count). The zero-order chi connectivity index (χ0) is 19.8. The zero-order valence-electron chi connectivity index (χ0n) is 15.0. The van der Waals surface area contributed by atoms with Crippen LogP contribution in [0.4, 0.5) is 10.1 Å². The first-order chi connectivity index (χ1) is 13.0. The van der Waals surface area contributed by atoms with Gasteiger partial charge in [-0.05, 0) is 24.3 Å². The third kappa shape index (κ3) is 5.27. The fourth-order valence-corrected chi connectivity index (χ4v) is 2.35. The minimum atomic E-state index is -0.556. The second-order valence-electron chi connectivity index (χ2n) is 5.50. The van der Waals surface area contributed by atoms with Crippen LogP contribution in [0.15, 0.2) is 48.5 Å². The van der Waals surface area contributed by atoms with Gasteiger partial charge in [-0.25, -0.2) is 4.39 Å². The summed E-state index contributed by atoms with van der Waals surface area (Å²) in [5.74, 6) is -1.68. The highest BCUT2D eigenvalue weighted by atomic mass is 19.1. The highest BCUT2D eigenvalue weighted by molar-refractivity contribution is 6.07. The normalized spacial score (nSPS) is 10.0. The summed E-state index contributed by atoms with van der Waals surface area (Å²) in [4.78, 5) is 37.9. The Morgan fingerprint density at radius 3 is 2.44 bits per heavy atom. The van der Waals surface area contributed by atoms with Crippen molar-refractivity contribution in [2.75, 3.05) is 32.1 Å². The first-order valence-corrected chi connectivity index (χ1v) is 8.16. The molecule has 0 atom stereocenters. The molecule has 3 amide bonds. The average molecular weight is 373 g/mol. The number of carbonyl (C=O) groups is 3. The molecule has 0 aliphatic carbocycles. The molecule has 0 heterocycles. The van der Waals surface area contributed by atoms with E-state index in [0.717, 1.165) is 11.0 Å². The maximum atomic E-state index is 13.2. The van der Waals surface area contributed by atoms with Gasteiger partial charge < -0.3 is 15.4 Å². The third-order valence-electron chi connectivity index (χ3n) is 3.71. The molecule has 0 bridgehead atoms. The molecule has 0 saturated heterocycles. The zero-order valence-corrected chi connectivity index (χ0v) is 15.0. The number of amides is 3. The van der Waals surface area contributed by atoms with Gasteiger partial charge in [0.15, 0.2) is 6.61 Å². The van der Waals surface area contributed by atoms with Crippen LogP contribution in [0.5, 0.6) is 5.75 Å². The number of hydrogen-bond acceptors (Lipinski definition) is 4. The van der Waals surface area contributed by atoms with Crippen LogP contribution in [0.2, 0.25) is 0 Å². The Morgan fingerprint density at radius 2 is 1.78 bits per heavy atom. The molecule has 2 aromatic rings. The summed E-state index contributed by atoms with van der Waals surface area (Å²) in [6, 6.07) is 11.8. The predicted octanol–water partition coefficient (Wildman–Crippen LogP) is 1.34. The van der Waals surface area contributed by atoms with E-state index in [-0.39, 0.29) is 23.5 Å². The lowest BCUT2D eigenvalue weighted by Crippen LogP contribution is -2.43. The lowest BCUT2D eigenvalue weighted by molar-refractivity contribution is -0.124. The van der Waals surface area contributed by atoms with Crippen molar-refractivity contribution in [2.24, 2.45) is 0 Å². The summed E-state index contributed by atoms with van der Waals surface area (Å²) in [5, 5.41) is 4.94. The summed E-state index contributed by atoms with van der Waals surface area (Å²) in [6.07, 6.45) is 0. The Balaban J connectivity index is 2.27. The Morgan fingerprint density at radius 1 is 1.04 bits per heavy atom. The molecule has 0 spiro atoms. The van der Waals surface area contributed by atoms with Crippen LogP contribution >= 0.6 is 0 Å². The number of rotatable bonds is 7. The van der Waals surface area contributed by atoms with Gasteiger partial charge in [0.2, 0.25) is 5.91 Å². The lowest BCUT2D eigenvalue weighted by atomic mass is 10.1. The molecule has 0 fully saturated rings. The van der Waals surface area contributed by atoms with Crippen molar-refractivity contribution in [3.8, 4) is 5.75 Å². The van der Waals surface area contributed by atoms with E-state index < -0.39 is 30.1 Å². The van der Waals surface area contributed by atoms with Crippen molar-refractivity contribution < 1.29 is 23.5 Å². The van der Waals surface area contributed by atoms with Gasteiger partial charge in [0, 0.05) is 20.2 Å². The van der Waals surface area contributed by atoms with Crippen LogP contribution in [-0.4, -0.2) is 45.0 Å². The standard InChI is InChI=1S/C19H20FN3O4/c1-21-17(24)11-23(16-9-4-3-8-15(16)19(26)22-2)18(25)12-27-14-7-5-6-13(20)10-14/h3-10H,11-12H2,1-2H3,(H,21,24)(H,22,26). The first-order valence-electron chi connectivity index (χ1n) is 8.16. The number of benzene rings is 2. The molecule has 142 valence electrons. The van der Waals surface area contributed by atoms with Gasteiger partial charge in [0.1, 0.15) is 18.1 Å². The largest absolute Gasteiger partial charge is 0.484 e.